The van der Waals surface area contributed by atoms with Gasteiger partial charge < -0.3 is 10.1 Å². The van der Waals surface area contributed by atoms with E-state index >= 15 is 0 Å². The lowest BCUT2D eigenvalue weighted by molar-refractivity contribution is -0.122. The molecule has 0 unspecified atom stereocenters. The minimum Gasteiger partial charge on any atom is -0.484 e. The molecule has 0 saturated carbocycles. The molecular weight excluding hydrogens is 474 g/mol. The number of carbonyl (C=O) groups excluding carboxylic acids is 3. The van der Waals surface area contributed by atoms with Crippen LogP contribution in [-0.2, 0) is 14.4 Å². The summed E-state index contributed by atoms with van der Waals surface area (Å²) < 4.78 is 5.51. The highest BCUT2D eigenvalue weighted by Crippen LogP contribution is 2.22. The quantitative estimate of drug-likeness (QED) is 0.307. The number of nitrogens with zero attached hydrogens (tertiary/aromatic N) is 1. The Morgan fingerprint density at radius 3 is 2.35 bits per heavy atom. The summed E-state index contributed by atoms with van der Waals surface area (Å²) in [7, 11) is 0. The number of para-hydroxylation sites is 1. The van der Waals surface area contributed by atoms with Gasteiger partial charge in [0.25, 0.3) is 17.7 Å². The van der Waals surface area contributed by atoms with Crippen LogP contribution in [0.4, 0.5) is 11.4 Å². The first-order valence-electron chi connectivity index (χ1n) is 10.2. The maximum atomic E-state index is 13.0. The fourth-order valence-electron chi connectivity index (χ4n) is 3.18. The summed E-state index contributed by atoms with van der Waals surface area (Å²) in [6.07, 6.45) is 1.48. The van der Waals surface area contributed by atoms with E-state index in [1.165, 1.54) is 11.0 Å². The Morgan fingerprint density at radius 2 is 1.68 bits per heavy atom. The maximum absolute atomic E-state index is 13.0. The van der Waals surface area contributed by atoms with Crippen LogP contribution in [-0.4, -0.2) is 29.4 Å². The predicted octanol–water partition coefficient (Wildman–Crippen LogP) is 4.19. The number of halogens is 1. The van der Waals surface area contributed by atoms with Crippen LogP contribution in [0, 0.1) is 0 Å². The number of rotatable bonds is 6. The highest BCUT2D eigenvalue weighted by atomic mass is 35.5. The smallest absolute Gasteiger partial charge is 0.270 e. The van der Waals surface area contributed by atoms with Gasteiger partial charge in [0, 0.05) is 10.7 Å². The Bertz CT molecular complexity index is 1280. The van der Waals surface area contributed by atoms with Crippen molar-refractivity contribution < 1.29 is 19.1 Å². The van der Waals surface area contributed by atoms with Gasteiger partial charge in [-0.15, -0.1) is 0 Å². The van der Waals surface area contributed by atoms with Crippen molar-refractivity contribution >= 4 is 64.1 Å². The Hall–Kier alpha value is -4.01. The van der Waals surface area contributed by atoms with Gasteiger partial charge in [-0.25, -0.2) is 0 Å². The second-order valence-corrected chi connectivity index (χ2v) is 8.03. The number of hydrogen-bond donors (Lipinski definition) is 2. The van der Waals surface area contributed by atoms with Gasteiger partial charge >= 0.3 is 0 Å². The summed E-state index contributed by atoms with van der Waals surface area (Å²) in [6.45, 7) is -0.187. The van der Waals surface area contributed by atoms with Gasteiger partial charge in [-0.3, -0.25) is 24.6 Å². The normalized spacial score (nSPS) is 14.7. The number of thiocarbonyl (C=S) groups is 1. The fraction of sp³-hybridized carbons (Fsp3) is 0.0400. The first-order valence-corrected chi connectivity index (χ1v) is 10.9. The summed E-state index contributed by atoms with van der Waals surface area (Å²) in [6, 6.07) is 22.2. The van der Waals surface area contributed by atoms with Crippen LogP contribution in [0.15, 0.2) is 84.4 Å². The van der Waals surface area contributed by atoms with E-state index < -0.39 is 11.8 Å². The molecule has 9 heteroatoms. The van der Waals surface area contributed by atoms with Crippen molar-refractivity contribution in [2.24, 2.45) is 0 Å². The van der Waals surface area contributed by atoms with Gasteiger partial charge in [0.1, 0.15) is 11.3 Å². The molecule has 1 aliphatic heterocycles. The fourth-order valence-corrected chi connectivity index (χ4v) is 3.58. The first-order chi connectivity index (χ1) is 16.4. The molecule has 2 N–H and O–H groups in total. The van der Waals surface area contributed by atoms with Crippen molar-refractivity contribution in [3.8, 4) is 5.75 Å². The molecule has 0 aromatic heterocycles. The summed E-state index contributed by atoms with van der Waals surface area (Å²) in [5, 5.41) is 5.86. The van der Waals surface area contributed by atoms with Crippen LogP contribution in [0.2, 0.25) is 5.02 Å². The molecule has 7 nitrogen and oxygen atoms in total. The first kappa shape index (κ1) is 23.2. The van der Waals surface area contributed by atoms with Crippen molar-refractivity contribution in [3.05, 3.63) is 95.0 Å². The maximum Gasteiger partial charge on any atom is 0.270 e. The molecule has 34 heavy (non-hydrogen) atoms. The number of amides is 3. The number of nitrogens with one attached hydrogen (secondary N) is 2. The van der Waals surface area contributed by atoms with Crippen molar-refractivity contribution in [1.82, 2.24) is 5.32 Å². The number of anilines is 2. The zero-order valence-electron chi connectivity index (χ0n) is 17.7. The highest BCUT2D eigenvalue weighted by Gasteiger charge is 2.34. The van der Waals surface area contributed by atoms with E-state index in [2.05, 4.69) is 10.6 Å². The number of hydrogen-bond acceptors (Lipinski definition) is 5. The zero-order valence-corrected chi connectivity index (χ0v) is 19.2. The van der Waals surface area contributed by atoms with Gasteiger partial charge in [-0.2, -0.15) is 0 Å². The van der Waals surface area contributed by atoms with E-state index in [-0.39, 0.29) is 23.2 Å². The number of carbonyl (C=O) groups is 3. The van der Waals surface area contributed by atoms with Crippen LogP contribution in [0.25, 0.3) is 6.08 Å². The molecule has 3 amide bonds. The van der Waals surface area contributed by atoms with Crippen LogP contribution in [0.1, 0.15) is 5.56 Å². The van der Waals surface area contributed by atoms with Crippen LogP contribution in [0.5, 0.6) is 5.75 Å². The summed E-state index contributed by atoms with van der Waals surface area (Å²) >= 11 is 11.0. The van der Waals surface area contributed by atoms with E-state index in [1.54, 1.807) is 72.8 Å². The molecule has 170 valence electrons. The topological polar surface area (TPSA) is 87.7 Å². The SMILES string of the molecule is O=C(COc1ccc(/C=C2/C(=O)NC(=S)N(c3ccccc3)C2=O)cc1)Nc1ccc(Cl)cc1. The second kappa shape index (κ2) is 10.3. The monoisotopic (exact) mass is 491 g/mol. The van der Waals surface area contributed by atoms with Gasteiger partial charge in [0.2, 0.25) is 0 Å². The minimum atomic E-state index is -0.568. The molecule has 3 aromatic carbocycles. The zero-order chi connectivity index (χ0) is 24.1. The molecule has 1 fully saturated rings. The third kappa shape index (κ3) is 5.48. The largest absolute Gasteiger partial charge is 0.484 e. The standard InChI is InChI=1S/C25H18ClN3O4S/c26-17-8-10-18(11-9-17)27-22(30)15-33-20-12-6-16(7-13-20)14-21-23(31)28-25(34)29(24(21)32)19-4-2-1-3-5-19/h1-14H,15H2,(H,27,30)(H,28,31,34)/b21-14-. The molecule has 1 saturated heterocycles. The molecule has 3 aromatic rings. The number of benzene rings is 3. The van der Waals surface area contributed by atoms with Crippen LogP contribution in [0.3, 0.4) is 0 Å². The average Bonchev–Trinajstić information content (AvgIpc) is 2.83. The van der Waals surface area contributed by atoms with Crippen molar-refractivity contribution in [1.29, 1.82) is 0 Å². The molecule has 0 spiro atoms. The third-order valence-electron chi connectivity index (χ3n) is 4.81. The highest BCUT2D eigenvalue weighted by molar-refractivity contribution is 7.80. The van der Waals surface area contributed by atoms with E-state index in [9.17, 15) is 14.4 Å². The van der Waals surface area contributed by atoms with Crippen LogP contribution >= 0.6 is 23.8 Å². The van der Waals surface area contributed by atoms with Gasteiger partial charge in [0.05, 0.1) is 5.69 Å². The molecule has 4 rings (SSSR count). The van der Waals surface area contributed by atoms with E-state index in [0.29, 0.717) is 27.7 Å². The summed E-state index contributed by atoms with van der Waals surface area (Å²) in [4.78, 5) is 38.8. The lowest BCUT2D eigenvalue weighted by atomic mass is 10.1. The average molecular weight is 492 g/mol. The Morgan fingerprint density at radius 1 is 1.00 bits per heavy atom. The second-order valence-electron chi connectivity index (χ2n) is 7.21. The molecule has 0 aliphatic carbocycles. The Labute approximate surface area is 206 Å². The lowest BCUT2D eigenvalue weighted by Gasteiger charge is -2.28. The number of ether oxygens (including phenoxy) is 1. The van der Waals surface area contributed by atoms with Crippen LogP contribution < -0.4 is 20.3 Å². The molecule has 0 atom stereocenters. The minimum absolute atomic E-state index is 0.0268. The Balaban J connectivity index is 1.41. The van der Waals surface area contributed by atoms with E-state index in [1.807, 2.05) is 6.07 Å². The molecule has 0 bridgehead atoms. The van der Waals surface area contributed by atoms with Gasteiger partial charge in [-0.05, 0) is 72.4 Å². The third-order valence-corrected chi connectivity index (χ3v) is 5.34. The van der Waals surface area contributed by atoms with E-state index in [4.69, 9.17) is 28.6 Å². The summed E-state index contributed by atoms with van der Waals surface area (Å²) in [5.74, 6) is -0.949. The molecular formula is C25H18ClN3O4S. The van der Waals surface area contributed by atoms with Crippen molar-refractivity contribution in [2.45, 2.75) is 0 Å². The Kier molecular flexibility index (Phi) is 7.01. The molecule has 0 radical (unpaired) electrons. The molecule has 1 heterocycles. The van der Waals surface area contributed by atoms with E-state index in [0.717, 1.165) is 0 Å². The predicted molar refractivity (Wildman–Crippen MR) is 135 cm³/mol. The van der Waals surface area contributed by atoms with Gasteiger partial charge in [0.15, 0.2) is 11.7 Å². The van der Waals surface area contributed by atoms with Crippen molar-refractivity contribution in [3.63, 3.8) is 0 Å². The molecule has 1 aliphatic rings. The lowest BCUT2D eigenvalue weighted by Crippen LogP contribution is -2.54. The van der Waals surface area contributed by atoms with Gasteiger partial charge in [-0.1, -0.05) is 41.9 Å². The summed E-state index contributed by atoms with van der Waals surface area (Å²) in [5.41, 5.74) is 1.73. The van der Waals surface area contributed by atoms with Crippen molar-refractivity contribution in [2.75, 3.05) is 16.8 Å².